The second-order valence-corrected chi connectivity index (χ2v) is 12.6. The molecule has 0 heterocycles. The summed E-state index contributed by atoms with van der Waals surface area (Å²) in [7, 11) is 0. The smallest absolute Gasteiger partial charge is 0.0540 e. The number of benzene rings is 7. The molecule has 0 atom stereocenters. The predicted molar refractivity (Wildman–Crippen MR) is 195 cm³/mol. The molecule has 0 spiro atoms. The van der Waals surface area contributed by atoms with E-state index < -0.39 is 0 Å². The second-order valence-electron chi connectivity index (χ2n) is 12.6. The standard InChI is InChI=1S/C45H35N/c1-45(2)40-30-29-35(31-39(40)44-38(25-16-26-41(44)45)34-21-10-5-11-22-34)46(42-27-14-12-23-36(42)32-17-6-3-7-18-32)43-28-15-13-24-37(43)33-19-8-4-9-20-33/h3-31H,1-2H3. The summed E-state index contributed by atoms with van der Waals surface area (Å²) in [5, 5.41) is 0. The Morgan fingerprint density at radius 1 is 0.370 bits per heavy atom. The van der Waals surface area contributed by atoms with Crippen LogP contribution in [0.5, 0.6) is 0 Å². The zero-order chi connectivity index (χ0) is 31.1. The van der Waals surface area contributed by atoms with E-state index in [0.29, 0.717) is 0 Å². The van der Waals surface area contributed by atoms with Crippen molar-refractivity contribution in [3.63, 3.8) is 0 Å². The van der Waals surface area contributed by atoms with Crippen LogP contribution in [0.2, 0.25) is 0 Å². The monoisotopic (exact) mass is 589 g/mol. The Bertz CT molecular complexity index is 2080. The first-order valence-corrected chi connectivity index (χ1v) is 16.0. The molecular weight excluding hydrogens is 555 g/mol. The third-order valence-electron chi connectivity index (χ3n) is 9.49. The number of rotatable bonds is 6. The lowest BCUT2D eigenvalue weighted by atomic mass is 9.82. The molecule has 0 aliphatic heterocycles. The van der Waals surface area contributed by atoms with Gasteiger partial charge in [-0.2, -0.15) is 0 Å². The Labute approximate surface area is 272 Å². The average Bonchev–Trinajstić information content (AvgIpc) is 3.36. The van der Waals surface area contributed by atoms with E-state index in [9.17, 15) is 0 Å². The number of para-hydroxylation sites is 2. The minimum absolute atomic E-state index is 0.108. The van der Waals surface area contributed by atoms with Crippen LogP contribution in [0.25, 0.3) is 44.5 Å². The summed E-state index contributed by atoms with van der Waals surface area (Å²) in [5.41, 5.74) is 16.0. The molecule has 1 heteroatoms. The SMILES string of the molecule is CC1(C)c2ccc(N(c3ccccc3-c3ccccc3)c3ccccc3-c3ccccc3)cc2-c2c(-c3ccccc3)cccc21. The maximum Gasteiger partial charge on any atom is 0.0540 e. The fourth-order valence-electron chi connectivity index (χ4n) is 7.26. The number of anilines is 3. The minimum Gasteiger partial charge on any atom is -0.309 e. The summed E-state index contributed by atoms with van der Waals surface area (Å²) < 4.78 is 0. The van der Waals surface area contributed by atoms with Gasteiger partial charge in [-0.05, 0) is 68.8 Å². The summed E-state index contributed by atoms with van der Waals surface area (Å²) in [5.74, 6) is 0. The van der Waals surface area contributed by atoms with Gasteiger partial charge in [-0.1, -0.05) is 166 Å². The van der Waals surface area contributed by atoms with E-state index in [4.69, 9.17) is 0 Å². The largest absolute Gasteiger partial charge is 0.309 e. The van der Waals surface area contributed by atoms with Crippen molar-refractivity contribution in [3.8, 4) is 44.5 Å². The Hall–Kier alpha value is -5.66. The molecule has 220 valence electrons. The molecule has 0 aromatic heterocycles. The third kappa shape index (κ3) is 4.64. The fraction of sp³-hybridized carbons (Fsp3) is 0.0667. The molecule has 0 amide bonds. The van der Waals surface area contributed by atoms with Crippen molar-refractivity contribution in [1.29, 1.82) is 0 Å². The van der Waals surface area contributed by atoms with E-state index in [1.54, 1.807) is 0 Å². The van der Waals surface area contributed by atoms with Gasteiger partial charge in [0.1, 0.15) is 0 Å². The zero-order valence-electron chi connectivity index (χ0n) is 26.2. The van der Waals surface area contributed by atoms with E-state index in [2.05, 4.69) is 195 Å². The number of nitrogens with zero attached hydrogens (tertiary/aromatic N) is 1. The summed E-state index contributed by atoms with van der Waals surface area (Å²) >= 11 is 0. The average molecular weight is 590 g/mol. The van der Waals surface area contributed by atoms with Crippen molar-refractivity contribution in [2.45, 2.75) is 19.3 Å². The lowest BCUT2D eigenvalue weighted by Crippen LogP contribution is -2.16. The maximum atomic E-state index is 2.46. The normalized spacial score (nSPS) is 12.7. The van der Waals surface area contributed by atoms with Crippen molar-refractivity contribution >= 4 is 17.1 Å². The number of hydrogen-bond acceptors (Lipinski definition) is 1. The van der Waals surface area contributed by atoms with E-state index in [1.807, 2.05) is 0 Å². The van der Waals surface area contributed by atoms with Crippen LogP contribution >= 0.6 is 0 Å². The highest BCUT2D eigenvalue weighted by atomic mass is 15.1. The Morgan fingerprint density at radius 3 is 1.37 bits per heavy atom. The second kappa shape index (κ2) is 11.4. The van der Waals surface area contributed by atoms with Crippen LogP contribution in [-0.2, 0) is 5.41 Å². The van der Waals surface area contributed by atoms with Crippen LogP contribution in [0.3, 0.4) is 0 Å². The van der Waals surface area contributed by atoms with Crippen molar-refractivity contribution in [2.75, 3.05) is 4.90 Å². The van der Waals surface area contributed by atoms with Gasteiger partial charge >= 0.3 is 0 Å². The molecule has 0 radical (unpaired) electrons. The topological polar surface area (TPSA) is 3.24 Å². The van der Waals surface area contributed by atoms with E-state index in [-0.39, 0.29) is 5.41 Å². The quantitative estimate of drug-likeness (QED) is 0.186. The highest BCUT2D eigenvalue weighted by Gasteiger charge is 2.37. The van der Waals surface area contributed by atoms with Crippen LogP contribution in [0.4, 0.5) is 17.1 Å². The molecule has 0 saturated carbocycles. The minimum atomic E-state index is -0.108. The first-order valence-electron chi connectivity index (χ1n) is 16.0. The van der Waals surface area contributed by atoms with Gasteiger partial charge in [-0.25, -0.2) is 0 Å². The Morgan fingerprint density at radius 2 is 0.826 bits per heavy atom. The van der Waals surface area contributed by atoms with Gasteiger partial charge in [0, 0.05) is 22.2 Å². The Kier molecular flexibility index (Phi) is 6.88. The van der Waals surface area contributed by atoms with Crippen LogP contribution in [0.1, 0.15) is 25.0 Å². The highest BCUT2D eigenvalue weighted by molar-refractivity contribution is 5.97. The predicted octanol–water partition coefficient (Wildman–Crippen LogP) is 12.5. The molecule has 1 aliphatic rings. The lowest BCUT2D eigenvalue weighted by Gasteiger charge is -2.30. The molecule has 0 saturated heterocycles. The van der Waals surface area contributed by atoms with Crippen LogP contribution in [-0.4, -0.2) is 0 Å². The van der Waals surface area contributed by atoms with E-state index >= 15 is 0 Å². The van der Waals surface area contributed by atoms with Gasteiger partial charge in [0.05, 0.1) is 11.4 Å². The molecule has 7 aromatic rings. The highest BCUT2D eigenvalue weighted by Crippen LogP contribution is 2.54. The zero-order valence-corrected chi connectivity index (χ0v) is 26.2. The molecule has 46 heavy (non-hydrogen) atoms. The molecular formula is C45H35N. The number of hydrogen-bond donors (Lipinski definition) is 0. The lowest BCUT2D eigenvalue weighted by molar-refractivity contribution is 0.660. The van der Waals surface area contributed by atoms with Gasteiger partial charge in [0.2, 0.25) is 0 Å². The molecule has 0 unspecified atom stereocenters. The van der Waals surface area contributed by atoms with Crippen molar-refractivity contribution in [1.82, 2.24) is 0 Å². The van der Waals surface area contributed by atoms with Crippen LogP contribution < -0.4 is 4.90 Å². The molecule has 1 nitrogen and oxygen atoms in total. The van der Waals surface area contributed by atoms with Gasteiger partial charge in [0.15, 0.2) is 0 Å². The Balaban J connectivity index is 1.41. The van der Waals surface area contributed by atoms with Gasteiger partial charge < -0.3 is 4.90 Å². The van der Waals surface area contributed by atoms with E-state index in [0.717, 1.165) is 17.1 Å². The maximum absolute atomic E-state index is 2.46. The molecule has 0 N–H and O–H groups in total. The number of fused-ring (bicyclic) bond motifs is 3. The summed E-state index contributed by atoms with van der Waals surface area (Å²) in [6.45, 7) is 4.72. The first-order chi connectivity index (χ1) is 22.6. The molecule has 8 rings (SSSR count). The van der Waals surface area contributed by atoms with Gasteiger partial charge in [0.25, 0.3) is 0 Å². The summed E-state index contributed by atoms with van der Waals surface area (Å²) in [6.07, 6.45) is 0. The van der Waals surface area contributed by atoms with Crippen LogP contribution in [0.15, 0.2) is 176 Å². The first kappa shape index (κ1) is 27.9. The van der Waals surface area contributed by atoms with Crippen molar-refractivity contribution in [2.24, 2.45) is 0 Å². The molecule has 7 aromatic carbocycles. The fourth-order valence-corrected chi connectivity index (χ4v) is 7.26. The van der Waals surface area contributed by atoms with Crippen LogP contribution in [0, 0.1) is 0 Å². The van der Waals surface area contributed by atoms with Gasteiger partial charge in [-0.3, -0.25) is 0 Å². The molecule has 0 fully saturated rings. The molecule has 0 bridgehead atoms. The summed E-state index contributed by atoms with van der Waals surface area (Å²) in [4.78, 5) is 2.46. The third-order valence-corrected chi connectivity index (χ3v) is 9.49. The van der Waals surface area contributed by atoms with Crippen molar-refractivity contribution < 1.29 is 0 Å². The van der Waals surface area contributed by atoms with Crippen molar-refractivity contribution in [3.05, 3.63) is 187 Å². The molecule has 1 aliphatic carbocycles. The van der Waals surface area contributed by atoms with Gasteiger partial charge in [-0.15, -0.1) is 0 Å². The van der Waals surface area contributed by atoms with E-state index in [1.165, 1.54) is 55.6 Å². The summed E-state index contributed by atoms with van der Waals surface area (Å²) in [6, 6.07) is 63.7.